The summed E-state index contributed by atoms with van der Waals surface area (Å²) in [6.07, 6.45) is 10.1. The minimum Gasteiger partial charge on any atom is -0.338 e. The van der Waals surface area contributed by atoms with E-state index in [4.69, 9.17) is 4.98 Å². The molecule has 4 heterocycles. The Morgan fingerprint density at radius 1 is 1.06 bits per heavy atom. The van der Waals surface area contributed by atoms with Gasteiger partial charge in [0.1, 0.15) is 11.5 Å². The zero-order valence-corrected chi connectivity index (χ0v) is 19.0. The van der Waals surface area contributed by atoms with Crippen LogP contribution in [-0.2, 0) is 17.8 Å². The molecule has 2 aromatic heterocycles. The highest BCUT2D eigenvalue weighted by molar-refractivity contribution is 5.92. The summed E-state index contributed by atoms with van der Waals surface area (Å²) in [6, 6.07) is 5.04. The standard InChI is InChI=1S/C25H31N5O3/c31-22(15-17-7-1-2-8-17)29-14-11-19-18(16-29)24(32)28-23(27-19)21-10-4-6-13-30(21)25(33)20-9-3-5-12-26-20/h3,5,9,12,17,21H,1-2,4,6-8,10-11,13-16H2,(H,27,28,32)/t21-/m1/s1. The Hall–Kier alpha value is -3.03. The fourth-order valence-electron chi connectivity index (χ4n) is 5.50. The molecule has 0 unspecified atom stereocenters. The van der Waals surface area contributed by atoms with Crippen molar-refractivity contribution in [1.29, 1.82) is 0 Å². The third-order valence-corrected chi connectivity index (χ3v) is 7.34. The number of rotatable bonds is 4. The number of carbonyl (C=O) groups excluding carboxylic acids is 2. The fourth-order valence-corrected chi connectivity index (χ4v) is 5.50. The Kier molecular flexibility index (Phi) is 6.24. The van der Waals surface area contributed by atoms with Gasteiger partial charge in [0.15, 0.2) is 0 Å². The van der Waals surface area contributed by atoms with E-state index in [1.54, 1.807) is 29.3 Å². The minimum atomic E-state index is -0.270. The summed E-state index contributed by atoms with van der Waals surface area (Å²) in [4.78, 5) is 54.5. The number of hydrogen-bond donors (Lipinski definition) is 1. The second-order valence-electron chi connectivity index (χ2n) is 9.52. The van der Waals surface area contributed by atoms with E-state index in [1.807, 2.05) is 4.90 Å². The van der Waals surface area contributed by atoms with E-state index in [0.717, 1.165) is 37.8 Å². The van der Waals surface area contributed by atoms with Gasteiger partial charge in [-0.2, -0.15) is 0 Å². The summed E-state index contributed by atoms with van der Waals surface area (Å²) in [5.41, 5.74) is 1.56. The molecule has 8 nitrogen and oxygen atoms in total. The van der Waals surface area contributed by atoms with Crippen LogP contribution in [0, 0.1) is 5.92 Å². The summed E-state index contributed by atoms with van der Waals surface area (Å²) < 4.78 is 0. The average Bonchev–Trinajstić information content (AvgIpc) is 3.37. The highest BCUT2D eigenvalue weighted by Gasteiger charge is 2.33. The van der Waals surface area contributed by atoms with Crippen molar-refractivity contribution < 1.29 is 9.59 Å². The number of likely N-dealkylation sites (tertiary alicyclic amines) is 1. The third-order valence-electron chi connectivity index (χ3n) is 7.34. The van der Waals surface area contributed by atoms with Gasteiger partial charge in [0.25, 0.3) is 11.5 Å². The van der Waals surface area contributed by atoms with Crippen LogP contribution in [0.15, 0.2) is 29.2 Å². The van der Waals surface area contributed by atoms with Crippen LogP contribution in [0.1, 0.15) is 85.0 Å². The molecule has 0 radical (unpaired) electrons. The Morgan fingerprint density at radius 2 is 1.88 bits per heavy atom. The molecule has 0 spiro atoms. The lowest BCUT2D eigenvalue weighted by atomic mass is 9.99. The molecule has 0 aromatic carbocycles. The van der Waals surface area contributed by atoms with Crippen LogP contribution >= 0.6 is 0 Å². The number of aromatic amines is 1. The maximum atomic E-state index is 13.1. The predicted molar refractivity (Wildman–Crippen MR) is 122 cm³/mol. The Morgan fingerprint density at radius 3 is 2.67 bits per heavy atom. The van der Waals surface area contributed by atoms with Crippen molar-refractivity contribution >= 4 is 11.8 Å². The predicted octanol–water partition coefficient (Wildman–Crippen LogP) is 3.00. The summed E-state index contributed by atoms with van der Waals surface area (Å²) in [5.74, 6) is 1.06. The minimum absolute atomic E-state index is 0.135. The Labute approximate surface area is 193 Å². The van der Waals surface area contributed by atoms with E-state index in [9.17, 15) is 14.4 Å². The van der Waals surface area contributed by atoms with Gasteiger partial charge in [0, 0.05) is 32.1 Å². The normalized spacial score (nSPS) is 21.2. The quantitative estimate of drug-likeness (QED) is 0.774. The molecule has 2 aliphatic heterocycles. The van der Waals surface area contributed by atoms with E-state index in [1.165, 1.54) is 12.8 Å². The van der Waals surface area contributed by atoms with Gasteiger partial charge in [0.2, 0.25) is 5.91 Å². The molecule has 174 valence electrons. The second kappa shape index (κ2) is 9.45. The van der Waals surface area contributed by atoms with Crippen molar-refractivity contribution in [2.75, 3.05) is 13.1 Å². The molecule has 33 heavy (non-hydrogen) atoms. The third kappa shape index (κ3) is 4.56. The summed E-state index contributed by atoms with van der Waals surface area (Å²) >= 11 is 0. The molecule has 8 heteroatoms. The van der Waals surface area contributed by atoms with Crippen LogP contribution in [0.25, 0.3) is 0 Å². The number of H-pyrrole nitrogens is 1. The average molecular weight is 450 g/mol. The largest absolute Gasteiger partial charge is 0.338 e. The number of nitrogens with one attached hydrogen (secondary N) is 1. The number of fused-ring (bicyclic) bond motifs is 1. The van der Waals surface area contributed by atoms with E-state index < -0.39 is 0 Å². The van der Waals surface area contributed by atoms with Gasteiger partial charge >= 0.3 is 0 Å². The molecule has 5 rings (SSSR count). The molecule has 1 atom stereocenters. The lowest BCUT2D eigenvalue weighted by Crippen LogP contribution is -2.43. The maximum Gasteiger partial charge on any atom is 0.273 e. The van der Waals surface area contributed by atoms with E-state index >= 15 is 0 Å². The van der Waals surface area contributed by atoms with E-state index in [2.05, 4.69) is 9.97 Å². The fraction of sp³-hybridized carbons (Fsp3) is 0.560. The highest BCUT2D eigenvalue weighted by Crippen LogP contribution is 2.31. The number of aromatic nitrogens is 3. The first kappa shape index (κ1) is 21.8. The molecule has 1 saturated heterocycles. The number of amides is 2. The van der Waals surface area contributed by atoms with Gasteiger partial charge in [0.05, 0.1) is 23.8 Å². The van der Waals surface area contributed by atoms with Crippen molar-refractivity contribution in [2.24, 2.45) is 5.92 Å². The van der Waals surface area contributed by atoms with Crippen molar-refractivity contribution in [1.82, 2.24) is 24.8 Å². The molecular formula is C25H31N5O3. The summed E-state index contributed by atoms with van der Waals surface area (Å²) in [7, 11) is 0. The first-order valence-electron chi connectivity index (χ1n) is 12.2. The second-order valence-corrected chi connectivity index (χ2v) is 9.52. The number of piperidine rings is 1. The van der Waals surface area contributed by atoms with Crippen LogP contribution in [0.2, 0.25) is 0 Å². The molecular weight excluding hydrogens is 418 g/mol. The van der Waals surface area contributed by atoms with Crippen LogP contribution in [0.4, 0.5) is 0 Å². The van der Waals surface area contributed by atoms with Gasteiger partial charge in [-0.15, -0.1) is 0 Å². The van der Waals surface area contributed by atoms with Crippen LogP contribution in [0.5, 0.6) is 0 Å². The summed E-state index contributed by atoms with van der Waals surface area (Å²) in [5, 5.41) is 0. The van der Waals surface area contributed by atoms with Crippen molar-refractivity contribution in [3.05, 3.63) is 57.5 Å². The van der Waals surface area contributed by atoms with Gasteiger partial charge in [-0.3, -0.25) is 19.4 Å². The zero-order valence-electron chi connectivity index (χ0n) is 19.0. The van der Waals surface area contributed by atoms with Crippen molar-refractivity contribution in [3.63, 3.8) is 0 Å². The zero-order chi connectivity index (χ0) is 22.8. The molecule has 3 aliphatic rings. The number of hydrogen-bond acceptors (Lipinski definition) is 5. The van der Waals surface area contributed by atoms with Gasteiger partial charge < -0.3 is 14.8 Å². The number of nitrogens with zero attached hydrogens (tertiary/aromatic N) is 4. The topological polar surface area (TPSA) is 99.3 Å². The van der Waals surface area contributed by atoms with Gasteiger partial charge in [-0.25, -0.2) is 4.98 Å². The lowest BCUT2D eigenvalue weighted by molar-refractivity contribution is -0.133. The molecule has 1 aliphatic carbocycles. The monoisotopic (exact) mass is 449 g/mol. The lowest BCUT2D eigenvalue weighted by Gasteiger charge is -2.35. The van der Waals surface area contributed by atoms with E-state index in [-0.39, 0.29) is 23.4 Å². The SMILES string of the molecule is O=C(CC1CCCC1)N1CCc2nc([C@H]3CCCCN3C(=O)c3ccccn3)[nH]c(=O)c2C1. The van der Waals surface area contributed by atoms with Crippen LogP contribution < -0.4 is 5.56 Å². The van der Waals surface area contributed by atoms with E-state index in [0.29, 0.717) is 55.5 Å². The molecule has 1 N–H and O–H groups in total. The molecule has 2 aromatic rings. The number of carbonyl (C=O) groups is 2. The first-order chi connectivity index (χ1) is 16.1. The molecule has 2 amide bonds. The summed E-state index contributed by atoms with van der Waals surface area (Å²) in [6.45, 7) is 1.53. The highest BCUT2D eigenvalue weighted by atomic mass is 16.2. The van der Waals surface area contributed by atoms with Crippen molar-refractivity contribution in [3.8, 4) is 0 Å². The first-order valence-corrected chi connectivity index (χ1v) is 12.2. The molecule has 2 fully saturated rings. The van der Waals surface area contributed by atoms with Gasteiger partial charge in [-0.1, -0.05) is 18.9 Å². The van der Waals surface area contributed by atoms with Crippen LogP contribution in [0.3, 0.4) is 0 Å². The molecule has 1 saturated carbocycles. The maximum absolute atomic E-state index is 13.1. The smallest absolute Gasteiger partial charge is 0.273 e. The Bertz CT molecular complexity index is 1080. The molecule has 0 bridgehead atoms. The van der Waals surface area contributed by atoms with Crippen molar-refractivity contribution in [2.45, 2.75) is 70.4 Å². The van der Waals surface area contributed by atoms with Gasteiger partial charge in [-0.05, 0) is 50.2 Å². The number of pyridine rings is 1. The van der Waals surface area contributed by atoms with Crippen LogP contribution in [-0.4, -0.2) is 49.7 Å². The Balaban J connectivity index is 1.35.